The third-order valence-electron chi connectivity index (χ3n) is 3.13. The van der Waals surface area contributed by atoms with Gasteiger partial charge in [-0.3, -0.25) is 5.84 Å². The van der Waals surface area contributed by atoms with Gasteiger partial charge in [0.25, 0.3) is 0 Å². The molecule has 0 heterocycles. The van der Waals surface area contributed by atoms with Crippen LogP contribution in [0.2, 0.25) is 5.02 Å². The molecule has 0 fully saturated rings. The number of nitrogens with two attached hydrogens (primary N) is 1. The Morgan fingerprint density at radius 1 is 1.26 bits per heavy atom. The summed E-state index contributed by atoms with van der Waals surface area (Å²) in [7, 11) is 0. The van der Waals surface area contributed by atoms with E-state index in [1.165, 1.54) is 17.7 Å². The third-order valence-corrected chi connectivity index (χ3v) is 3.46. The van der Waals surface area contributed by atoms with Crippen molar-refractivity contribution < 1.29 is 4.39 Å². The summed E-state index contributed by atoms with van der Waals surface area (Å²) in [5, 5.41) is 0.366. The Hall–Kier alpha value is -1.42. The summed E-state index contributed by atoms with van der Waals surface area (Å²) in [5.41, 5.74) is 5.73. The fourth-order valence-electron chi connectivity index (χ4n) is 2.09. The summed E-state index contributed by atoms with van der Waals surface area (Å²) in [6.07, 6.45) is 0.947. The van der Waals surface area contributed by atoms with Crippen LogP contribution >= 0.6 is 11.6 Å². The molecule has 1 atom stereocenters. The summed E-state index contributed by atoms with van der Waals surface area (Å²) in [6, 6.07) is 12.2. The minimum atomic E-state index is -0.355. The highest BCUT2D eigenvalue weighted by atomic mass is 35.5. The molecular weight excluding hydrogens is 263 g/mol. The van der Waals surface area contributed by atoms with Crippen LogP contribution in [0.15, 0.2) is 42.5 Å². The number of benzene rings is 2. The number of nitrogens with one attached hydrogen (secondary N) is 1. The lowest BCUT2D eigenvalue weighted by Crippen LogP contribution is -2.29. The highest BCUT2D eigenvalue weighted by Crippen LogP contribution is 2.28. The standard InChI is InChI=1S/C15H16ClFN2/c1-2-10-4-3-5-11(8-10)15(19-18)13-7-6-12(17)9-14(13)16/h3-9,15,19H,2,18H2,1H3. The second-order valence-corrected chi connectivity index (χ2v) is 4.77. The summed E-state index contributed by atoms with van der Waals surface area (Å²) in [5.74, 6) is 5.28. The monoisotopic (exact) mass is 278 g/mol. The summed E-state index contributed by atoms with van der Waals surface area (Å²) < 4.78 is 13.1. The SMILES string of the molecule is CCc1cccc(C(NN)c2ccc(F)cc2Cl)c1. The third kappa shape index (κ3) is 3.13. The Balaban J connectivity index is 2.43. The molecule has 0 amide bonds. The maximum atomic E-state index is 13.1. The quantitative estimate of drug-likeness (QED) is 0.662. The van der Waals surface area contributed by atoms with Gasteiger partial charge >= 0.3 is 0 Å². The molecule has 0 aliphatic rings. The van der Waals surface area contributed by atoms with Crippen LogP contribution in [0.5, 0.6) is 0 Å². The Bertz CT molecular complexity index is 572. The molecule has 0 aromatic heterocycles. The fraction of sp³-hybridized carbons (Fsp3) is 0.200. The smallest absolute Gasteiger partial charge is 0.124 e. The summed E-state index contributed by atoms with van der Waals surface area (Å²) in [4.78, 5) is 0. The van der Waals surface area contributed by atoms with Gasteiger partial charge in [-0.1, -0.05) is 48.9 Å². The molecule has 4 heteroatoms. The first-order chi connectivity index (χ1) is 9.15. The van der Waals surface area contributed by atoms with Gasteiger partial charge in [0.15, 0.2) is 0 Å². The van der Waals surface area contributed by atoms with Crippen molar-refractivity contribution in [2.45, 2.75) is 19.4 Å². The fourth-order valence-corrected chi connectivity index (χ4v) is 2.37. The van der Waals surface area contributed by atoms with Crippen molar-refractivity contribution in [1.82, 2.24) is 5.43 Å². The van der Waals surface area contributed by atoms with E-state index in [-0.39, 0.29) is 11.9 Å². The molecule has 0 saturated heterocycles. The average molecular weight is 279 g/mol. The van der Waals surface area contributed by atoms with E-state index in [9.17, 15) is 4.39 Å². The molecule has 3 N–H and O–H groups in total. The lowest BCUT2D eigenvalue weighted by Gasteiger charge is -2.19. The van der Waals surface area contributed by atoms with Gasteiger partial charge in [-0.05, 0) is 35.2 Å². The van der Waals surface area contributed by atoms with Crippen LogP contribution in [-0.2, 0) is 6.42 Å². The molecule has 2 aromatic carbocycles. The van der Waals surface area contributed by atoms with E-state index in [1.54, 1.807) is 6.07 Å². The lowest BCUT2D eigenvalue weighted by atomic mass is 9.97. The number of rotatable bonds is 4. The van der Waals surface area contributed by atoms with Crippen LogP contribution in [0, 0.1) is 5.82 Å². The minimum absolute atomic E-state index is 0.250. The van der Waals surface area contributed by atoms with Crippen molar-refractivity contribution >= 4 is 11.6 Å². The van der Waals surface area contributed by atoms with Gasteiger partial charge in [-0.15, -0.1) is 0 Å². The topological polar surface area (TPSA) is 38.0 Å². The Morgan fingerprint density at radius 3 is 2.68 bits per heavy atom. The highest BCUT2D eigenvalue weighted by molar-refractivity contribution is 6.31. The van der Waals surface area contributed by atoms with Crippen LogP contribution in [0.1, 0.15) is 29.7 Å². The van der Waals surface area contributed by atoms with Gasteiger partial charge in [0.2, 0.25) is 0 Å². The molecule has 0 spiro atoms. The van der Waals surface area contributed by atoms with Gasteiger partial charge in [0.1, 0.15) is 5.82 Å². The van der Waals surface area contributed by atoms with Crippen LogP contribution in [0.4, 0.5) is 4.39 Å². The second-order valence-electron chi connectivity index (χ2n) is 4.36. The zero-order valence-corrected chi connectivity index (χ0v) is 11.4. The second kappa shape index (κ2) is 6.15. The first-order valence-corrected chi connectivity index (χ1v) is 6.53. The first-order valence-electron chi connectivity index (χ1n) is 6.15. The van der Waals surface area contributed by atoms with Crippen LogP contribution < -0.4 is 11.3 Å². The van der Waals surface area contributed by atoms with E-state index in [0.29, 0.717) is 5.02 Å². The van der Waals surface area contributed by atoms with Gasteiger partial charge < -0.3 is 0 Å². The van der Waals surface area contributed by atoms with E-state index in [1.807, 2.05) is 12.1 Å². The number of aryl methyl sites for hydroxylation is 1. The Kier molecular flexibility index (Phi) is 4.53. The summed E-state index contributed by atoms with van der Waals surface area (Å²) in [6.45, 7) is 2.09. The highest BCUT2D eigenvalue weighted by Gasteiger charge is 2.16. The van der Waals surface area contributed by atoms with E-state index in [2.05, 4.69) is 24.5 Å². The molecule has 0 aliphatic carbocycles. The van der Waals surface area contributed by atoms with Crippen molar-refractivity contribution in [2.75, 3.05) is 0 Å². The van der Waals surface area contributed by atoms with Crippen molar-refractivity contribution in [3.8, 4) is 0 Å². The van der Waals surface area contributed by atoms with Crippen LogP contribution in [0.3, 0.4) is 0 Å². The van der Waals surface area contributed by atoms with Crippen molar-refractivity contribution in [3.63, 3.8) is 0 Å². The van der Waals surface area contributed by atoms with E-state index >= 15 is 0 Å². The molecule has 2 nitrogen and oxygen atoms in total. The minimum Gasteiger partial charge on any atom is -0.271 e. The zero-order chi connectivity index (χ0) is 13.8. The molecule has 0 aliphatic heterocycles. The number of hydrazine groups is 1. The van der Waals surface area contributed by atoms with E-state index in [4.69, 9.17) is 17.4 Å². The lowest BCUT2D eigenvalue weighted by molar-refractivity contribution is 0.615. The molecule has 0 bridgehead atoms. The maximum absolute atomic E-state index is 13.1. The number of halogens is 2. The summed E-state index contributed by atoms with van der Waals surface area (Å²) >= 11 is 6.09. The van der Waals surface area contributed by atoms with Gasteiger partial charge in [-0.2, -0.15) is 0 Å². The largest absolute Gasteiger partial charge is 0.271 e. The molecule has 19 heavy (non-hydrogen) atoms. The van der Waals surface area contributed by atoms with E-state index < -0.39 is 0 Å². The predicted molar refractivity (Wildman–Crippen MR) is 76.4 cm³/mol. The van der Waals surface area contributed by atoms with Crippen LogP contribution in [-0.4, -0.2) is 0 Å². The molecule has 2 rings (SSSR count). The Labute approximate surface area is 117 Å². The Morgan fingerprint density at radius 2 is 2.05 bits per heavy atom. The maximum Gasteiger partial charge on any atom is 0.124 e. The molecule has 1 unspecified atom stereocenters. The zero-order valence-electron chi connectivity index (χ0n) is 10.7. The molecular formula is C15H16ClFN2. The van der Waals surface area contributed by atoms with Gasteiger partial charge in [-0.25, -0.2) is 9.82 Å². The molecule has 2 aromatic rings. The molecule has 100 valence electrons. The predicted octanol–water partition coefficient (Wildman–Crippen LogP) is 3.59. The average Bonchev–Trinajstić information content (AvgIpc) is 2.42. The van der Waals surface area contributed by atoms with Gasteiger partial charge in [0.05, 0.1) is 6.04 Å². The number of hydrogen-bond donors (Lipinski definition) is 2. The first kappa shape index (κ1) is 14.0. The van der Waals surface area contributed by atoms with Crippen molar-refractivity contribution in [3.05, 3.63) is 70.0 Å². The molecule has 0 saturated carbocycles. The van der Waals surface area contributed by atoms with Crippen molar-refractivity contribution in [1.29, 1.82) is 0 Å². The van der Waals surface area contributed by atoms with E-state index in [0.717, 1.165) is 17.5 Å². The number of hydrogen-bond acceptors (Lipinski definition) is 2. The van der Waals surface area contributed by atoms with Crippen LogP contribution in [0.25, 0.3) is 0 Å². The normalized spacial score (nSPS) is 12.4. The molecule has 0 radical (unpaired) electrons. The van der Waals surface area contributed by atoms with Crippen molar-refractivity contribution in [2.24, 2.45) is 5.84 Å². The van der Waals surface area contributed by atoms with Gasteiger partial charge in [0, 0.05) is 5.02 Å².